The summed E-state index contributed by atoms with van der Waals surface area (Å²) in [6, 6.07) is 1.25. The minimum absolute atomic E-state index is 0.109. The Bertz CT molecular complexity index is 555. The van der Waals surface area contributed by atoms with Crippen LogP contribution in [0.15, 0.2) is 12.1 Å². The third kappa shape index (κ3) is 2.52. The second-order valence-electron chi connectivity index (χ2n) is 5.94. The molecule has 1 aliphatic heterocycles. The molecule has 2 fully saturated rings. The van der Waals surface area contributed by atoms with Gasteiger partial charge in [0.15, 0.2) is 17.5 Å². The molecular formula is C15H16F3NO2. The number of carbonyl (C=O) groups is 1. The van der Waals surface area contributed by atoms with E-state index in [1.807, 2.05) is 0 Å². The van der Waals surface area contributed by atoms with Gasteiger partial charge in [-0.3, -0.25) is 9.69 Å². The number of hydrogen-bond donors (Lipinski definition) is 1. The first kappa shape index (κ1) is 14.4. The predicted molar refractivity (Wildman–Crippen MR) is 69.0 cm³/mol. The van der Waals surface area contributed by atoms with Crippen molar-refractivity contribution in [3.05, 3.63) is 35.1 Å². The summed E-state index contributed by atoms with van der Waals surface area (Å²) in [6.45, 7) is 0.736. The van der Waals surface area contributed by atoms with Gasteiger partial charge in [-0.25, -0.2) is 13.2 Å². The first-order valence-electron chi connectivity index (χ1n) is 7.07. The zero-order valence-electron chi connectivity index (χ0n) is 11.4. The molecule has 0 spiro atoms. The Hall–Kier alpha value is -1.56. The predicted octanol–water partition coefficient (Wildman–Crippen LogP) is 2.79. The molecule has 3 rings (SSSR count). The number of carboxylic acids is 1. The summed E-state index contributed by atoms with van der Waals surface area (Å²) < 4.78 is 39.5. The summed E-state index contributed by atoms with van der Waals surface area (Å²) in [5.41, 5.74) is 0.262. The average molecular weight is 299 g/mol. The SMILES string of the molecule is O=C(O)C1C2CCCC2CN1Cc1cc(F)c(F)c(F)c1. The van der Waals surface area contributed by atoms with Crippen LogP contribution in [0.2, 0.25) is 0 Å². The number of benzene rings is 1. The number of rotatable bonds is 3. The molecule has 3 unspecified atom stereocenters. The highest BCUT2D eigenvalue weighted by Gasteiger charge is 2.47. The van der Waals surface area contributed by atoms with E-state index in [1.165, 1.54) is 0 Å². The summed E-state index contributed by atoms with van der Waals surface area (Å²) >= 11 is 0. The maximum atomic E-state index is 13.3. The Balaban J connectivity index is 1.82. The van der Waals surface area contributed by atoms with Gasteiger partial charge in [-0.1, -0.05) is 6.42 Å². The largest absolute Gasteiger partial charge is 0.480 e. The summed E-state index contributed by atoms with van der Waals surface area (Å²) in [5, 5.41) is 9.41. The van der Waals surface area contributed by atoms with Crippen LogP contribution in [0.4, 0.5) is 13.2 Å². The third-order valence-corrected chi connectivity index (χ3v) is 4.67. The van der Waals surface area contributed by atoms with E-state index in [9.17, 15) is 23.1 Å². The number of halogens is 3. The molecule has 1 saturated carbocycles. The van der Waals surface area contributed by atoms with Gasteiger partial charge in [0.1, 0.15) is 6.04 Å². The van der Waals surface area contributed by atoms with E-state index in [0.717, 1.165) is 31.4 Å². The summed E-state index contributed by atoms with van der Waals surface area (Å²) in [4.78, 5) is 13.2. The Morgan fingerprint density at radius 3 is 2.52 bits per heavy atom. The zero-order valence-corrected chi connectivity index (χ0v) is 11.4. The number of hydrogen-bond acceptors (Lipinski definition) is 2. The van der Waals surface area contributed by atoms with Crippen molar-refractivity contribution >= 4 is 5.97 Å². The Labute approximate surface area is 120 Å². The minimum Gasteiger partial charge on any atom is -0.480 e. The fraction of sp³-hybridized carbons (Fsp3) is 0.533. The molecule has 1 saturated heterocycles. The minimum atomic E-state index is -1.49. The lowest BCUT2D eigenvalue weighted by atomic mass is 9.94. The monoisotopic (exact) mass is 299 g/mol. The van der Waals surface area contributed by atoms with E-state index >= 15 is 0 Å². The lowest BCUT2D eigenvalue weighted by molar-refractivity contribution is -0.143. The molecular weight excluding hydrogens is 283 g/mol. The van der Waals surface area contributed by atoms with Gasteiger partial charge in [0, 0.05) is 13.1 Å². The van der Waals surface area contributed by atoms with E-state index in [4.69, 9.17) is 0 Å². The molecule has 0 bridgehead atoms. The number of likely N-dealkylation sites (tertiary alicyclic amines) is 1. The van der Waals surface area contributed by atoms with Gasteiger partial charge in [-0.05, 0) is 42.4 Å². The van der Waals surface area contributed by atoms with Crippen LogP contribution < -0.4 is 0 Å². The molecule has 3 nitrogen and oxygen atoms in total. The summed E-state index contributed by atoms with van der Waals surface area (Å²) in [6.07, 6.45) is 2.91. The van der Waals surface area contributed by atoms with Crippen molar-refractivity contribution in [1.29, 1.82) is 0 Å². The van der Waals surface area contributed by atoms with E-state index in [-0.39, 0.29) is 18.0 Å². The van der Waals surface area contributed by atoms with Crippen molar-refractivity contribution < 1.29 is 23.1 Å². The lowest BCUT2D eigenvalue weighted by Crippen LogP contribution is -2.39. The normalized spacial score (nSPS) is 28.8. The second-order valence-corrected chi connectivity index (χ2v) is 5.94. The molecule has 0 radical (unpaired) electrons. The van der Waals surface area contributed by atoms with Gasteiger partial charge >= 0.3 is 5.97 Å². The smallest absolute Gasteiger partial charge is 0.321 e. The van der Waals surface area contributed by atoms with Crippen LogP contribution in [0, 0.1) is 29.3 Å². The quantitative estimate of drug-likeness (QED) is 0.873. The van der Waals surface area contributed by atoms with E-state index in [2.05, 4.69) is 0 Å². The molecule has 1 aliphatic carbocycles. The van der Waals surface area contributed by atoms with Crippen LogP contribution in [0.5, 0.6) is 0 Å². The Morgan fingerprint density at radius 1 is 1.24 bits per heavy atom. The molecule has 1 aromatic rings. The van der Waals surface area contributed by atoms with Crippen molar-refractivity contribution in [2.45, 2.75) is 31.8 Å². The van der Waals surface area contributed by atoms with Crippen molar-refractivity contribution in [2.24, 2.45) is 11.8 Å². The molecule has 3 atom stereocenters. The number of nitrogens with zero attached hydrogens (tertiary/aromatic N) is 1. The molecule has 6 heteroatoms. The topological polar surface area (TPSA) is 40.5 Å². The molecule has 0 amide bonds. The highest BCUT2D eigenvalue weighted by atomic mass is 19.2. The van der Waals surface area contributed by atoms with Crippen molar-refractivity contribution in [1.82, 2.24) is 4.90 Å². The maximum Gasteiger partial charge on any atom is 0.321 e. The summed E-state index contributed by atoms with van der Waals surface area (Å²) in [7, 11) is 0. The highest BCUT2D eigenvalue weighted by Crippen LogP contribution is 2.42. The van der Waals surface area contributed by atoms with Crippen molar-refractivity contribution in [3.63, 3.8) is 0 Å². The first-order valence-corrected chi connectivity index (χ1v) is 7.07. The van der Waals surface area contributed by atoms with Crippen LogP contribution in [0.25, 0.3) is 0 Å². The molecule has 21 heavy (non-hydrogen) atoms. The first-order chi connectivity index (χ1) is 9.97. The van der Waals surface area contributed by atoms with Crippen LogP contribution in [0.1, 0.15) is 24.8 Å². The second kappa shape index (κ2) is 5.33. The Kier molecular flexibility index (Phi) is 3.65. The van der Waals surface area contributed by atoms with Gasteiger partial charge in [-0.15, -0.1) is 0 Å². The maximum absolute atomic E-state index is 13.3. The van der Waals surface area contributed by atoms with Crippen molar-refractivity contribution in [3.8, 4) is 0 Å². The average Bonchev–Trinajstić information content (AvgIpc) is 2.95. The highest BCUT2D eigenvalue weighted by molar-refractivity contribution is 5.74. The van der Waals surface area contributed by atoms with Gasteiger partial charge < -0.3 is 5.11 Å². The lowest BCUT2D eigenvalue weighted by Gasteiger charge is -2.24. The van der Waals surface area contributed by atoms with E-state index in [0.29, 0.717) is 12.5 Å². The third-order valence-electron chi connectivity index (χ3n) is 4.67. The van der Waals surface area contributed by atoms with Crippen LogP contribution in [-0.4, -0.2) is 28.6 Å². The van der Waals surface area contributed by atoms with Gasteiger partial charge in [0.25, 0.3) is 0 Å². The fourth-order valence-electron chi connectivity index (χ4n) is 3.83. The van der Waals surface area contributed by atoms with Crippen LogP contribution in [0.3, 0.4) is 0 Å². The van der Waals surface area contributed by atoms with Crippen LogP contribution in [-0.2, 0) is 11.3 Å². The number of carboxylic acid groups (broad SMARTS) is 1. The molecule has 1 aromatic carbocycles. The molecule has 2 aliphatic rings. The molecule has 0 aromatic heterocycles. The van der Waals surface area contributed by atoms with Gasteiger partial charge in [0.05, 0.1) is 0 Å². The molecule has 1 heterocycles. The molecule has 114 valence electrons. The van der Waals surface area contributed by atoms with Crippen LogP contribution >= 0.6 is 0 Å². The van der Waals surface area contributed by atoms with E-state index < -0.39 is 29.5 Å². The van der Waals surface area contributed by atoms with Gasteiger partial charge in [0.2, 0.25) is 0 Å². The number of fused-ring (bicyclic) bond motifs is 1. The number of aliphatic carboxylic acids is 1. The summed E-state index contributed by atoms with van der Waals surface area (Å²) in [5.74, 6) is -4.43. The fourth-order valence-corrected chi connectivity index (χ4v) is 3.83. The van der Waals surface area contributed by atoms with Gasteiger partial charge in [-0.2, -0.15) is 0 Å². The van der Waals surface area contributed by atoms with Crippen molar-refractivity contribution in [2.75, 3.05) is 6.54 Å². The Morgan fingerprint density at radius 2 is 1.90 bits per heavy atom. The molecule has 1 N–H and O–H groups in total. The zero-order chi connectivity index (χ0) is 15.1. The standard InChI is InChI=1S/C15H16F3NO2/c16-11-4-8(5-12(17)13(11)18)6-19-7-9-2-1-3-10(9)14(19)15(20)21/h4-5,9-10,14H,1-3,6-7H2,(H,20,21). The van der Waals surface area contributed by atoms with E-state index in [1.54, 1.807) is 4.90 Å².